The average molecular weight is 381 g/mol. The lowest BCUT2D eigenvalue weighted by Crippen LogP contribution is -2.32. The van der Waals surface area contributed by atoms with Crippen LogP contribution in [0, 0.1) is 17.6 Å². The molecule has 144 valence electrons. The SMILES string of the molecule is CCC1C(C(=O)c2ccc(F)cc2)=C(C)NC(C)=C1C(=O)c1ccc(F)cc1. The molecule has 0 aromatic heterocycles. The van der Waals surface area contributed by atoms with Gasteiger partial charge in [0.25, 0.3) is 0 Å². The highest BCUT2D eigenvalue weighted by molar-refractivity contribution is 6.14. The van der Waals surface area contributed by atoms with Crippen molar-refractivity contribution in [2.75, 3.05) is 0 Å². The molecule has 0 aliphatic carbocycles. The number of rotatable bonds is 5. The van der Waals surface area contributed by atoms with Gasteiger partial charge in [-0.25, -0.2) is 8.78 Å². The van der Waals surface area contributed by atoms with E-state index in [0.717, 1.165) is 0 Å². The van der Waals surface area contributed by atoms with Crippen LogP contribution in [0.1, 0.15) is 47.9 Å². The predicted molar refractivity (Wildman–Crippen MR) is 104 cm³/mol. The second-order valence-electron chi connectivity index (χ2n) is 6.84. The van der Waals surface area contributed by atoms with E-state index in [4.69, 9.17) is 0 Å². The van der Waals surface area contributed by atoms with Crippen LogP contribution in [-0.2, 0) is 0 Å². The van der Waals surface area contributed by atoms with Crippen molar-refractivity contribution < 1.29 is 18.4 Å². The fourth-order valence-corrected chi connectivity index (χ4v) is 3.66. The number of allylic oxidation sites excluding steroid dienone is 4. The molecule has 0 radical (unpaired) electrons. The summed E-state index contributed by atoms with van der Waals surface area (Å²) >= 11 is 0. The number of hydrogen-bond acceptors (Lipinski definition) is 3. The number of benzene rings is 2. The van der Waals surface area contributed by atoms with Gasteiger partial charge in [0.2, 0.25) is 0 Å². The van der Waals surface area contributed by atoms with Gasteiger partial charge in [-0.2, -0.15) is 0 Å². The molecule has 3 rings (SSSR count). The molecule has 2 aromatic carbocycles. The Balaban J connectivity index is 2.02. The number of carbonyl (C=O) groups excluding carboxylic acids is 2. The van der Waals surface area contributed by atoms with Gasteiger partial charge < -0.3 is 5.32 Å². The van der Waals surface area contributed by atoms with E-state index < -0.39 is 17.6 Å². The Morgan fingerprint density at radius 3 is 1.46 bits per heavy atom. The van der Waals surface area contributed by atoms with Crippen LogP contribution >= 0.6 is 0 Å². The first-order valence-corrected chi connectivity index (χ1v) is 9.12. The molecule has 1 N–H and O–H groups in total. The molecule has 2 aromatic rings. The van der Waals surface area contributed by atoms with Crippen LogP contribution < -0.4 is 5.32 Å². The quantitative estimate of drug-likeness (QED) is 0.724. The Morgan fingerprint density at radius 2 is 1.14 bits per heavy atom. The first kappa shape index (κ1) is 19.7. The number of dihydropyridines is 1. The van der Waals surface area contributed by atoms with Crippen LogP contribution in [0.25, 0.3) is 0 Å². The summed E-state index contributed by atoms with van der Waals surface area (Å²) in [6, 6.07) is 10.7. The van der Waals surface area contributed by atoms with Gasteiger partial charge in [0.15, 0.2) is 11.6 Å². The molecule has 0 bridgehead atoms. The summed E-state index contributed by atoms with van der Waals surface area (Å²) in [4.78, 5) is 26.3. The van der Waals surface area contributed by atoms with Gasteiger partial charge in [0, 0.05) is 39.6 Å². The van der Waals surface area contributed by atoms with E-state index >= 15 is 0 Å². The maximum absolute atomic E-state index is 13.2. The Morgan fingerprint density at radius 1 is 0.786 bits per heavy atom. The van der Waals surface area contributed by atoms with E-state index in [0.29, 0.717) is 40.1 Å². The second-order valence-corrected chi connectivity index (χ2v) is 6.84. The lowest BCUT2D eigenvalue weighted by molar-refractivity contribution is 0.100. The molecule has 28 heavy (non-hydrogen) atoms. The van der Waals surface area contributed by atoms with Crippen LogP contribution in [0.4, 0.5) is 8.78 Å². The Hall–Kier alpha value is -3.08. The third kappa shape index (κ3) is 3.65. The minimum Gasteiger partial charge on any atom is -0.362 e. The highest BCUT2D eigenvalue weighted by Crippen LogP contribution is 2.35. The first-order valence-electron chi connectivity index (χ1n) is 9.12. The van der Waals surface area contributed by atoms with E-state index in [1.807, 2.05) is 6.92 Å². The zero-order chi connectivity index (χ0) is 20.4. The van der Waals surface area contributed by atoms with Crippen molar-refractivity contribution in [1.82, 2.24) is 5.32 Å². The van der Waals surface area contributed by atoms with E-state index in [-0.39, 0.29) is 11.6 Å². The number of Topliss-reactive ketones (excluding diaryl/α,β-unsaturated/α-hetero) is 2. The minimum atomic E-state index is -0.418. The van der Waals surface area contributed by atoms with Crippen molar-refractivity contribution >= 4 is 11.6 Å². The van der Waals surface area contributed by atoms with Crippen molar-refractivity contribution in [3.8, 4) is 0 Å². The zero-order valence-electron chi connectivity index (χ0n) is 16.0. The Labute approximate surface area is 162 Å². The second kappa shape index (κ2) is 7.89. The zero-order valence-corrected chi connectivity index (χ0v) is 16.0. The molecule has 1 aliphatic rings. The number of halogens is 2. The molecule has 0 amide bonds. The van der Waals surface area contributed by atoms with Crippen molar-refractivity contribution in [1.29, 1.82) is 0 Å². The van der Waals surface area contributed by atoms with E-state index in [2.05, 4.69) is 5.32 Å². The van der Waals surface area contributed by atoms with Crippen LogP contribution in [0.15, 0.2) is 71.1 Å². The highest BCUT2D eigenvalue weighted by Gasteiger charge is 2.34. The summed E-state index contributed by atoms with van der Waals surface area (Å²) in [5.74, 6) is -1.73. The monoisotopic (exact) mass is 381 g/mol. The fraction of sp³-hybridized carbons (Fsp3) is 0.217. The molecule has 0 saturated heterocycles. The van der Waals surface area contributed by atoms with Gasteiger partial charge in [0.05, 0.1) is 0 Å². The summed E-state index contributed by atoms with van der Waals surface area (Å²) in [7, 11) is 0. The van der Waals surface area contributed by atoms with Gasteiger partial charge in [0.1, 0.15) is 11.6 Å². The lowest BCUT2D eigenvalue weighted by atomic mass is 9.77. The average Bonchev–Trinajstić information content (AvgIpc) is 2.67. The molecule has 3 nitrogen and oxygen atoms in total. The van der Waals surface area contributed by atoms with Gasteiger partial charge in [-0.3, -0.25) is 9.59 Å². The third-order valence-electron chi connectivity index (χ3n) is 4.99. The van der Waals surface area contributed by atoms with Crippen LogP contribution in [0.5, 0.6) is 0 Å². The molecular formula is C23H21F2NO2. The first-order chi connectivity index (χ1) is 13.3. The van der Waals surface area contributed by atoms with Gasteiger partial charge in [-0.05, 0) is 68.8 Å². The van der Waals surface area contributed by atoms with E-state index in [1.54, 1.807) is 13.8 Å². The molecule has 0 atom stereocenters. The van der Waals surface area contributed by atoms with Crippen LogP contribution in [0.2, 0.25) is 0 Å². The standard InChI is InChI=1S/C23H21F2NO2/c1-4-19-20(22(27)15-5-9-17(24)10-6-15)13(2)26-14(3)21(19)23(28)16-7-11-18(25)12-8-16/h5-12,19,26H,4H2,1-3H3. The molecule has 1 aliphatic heterocycles. The maximum Gasteiger partial charge on any atom is 0.191 e. The Bertz CT molecular complexity index is 907. The molecule has 0 saturated carbocycles. The van der Waals surface area contributed by atoms with Crippen LogP contribution in [0.3, 0.4) is 0 Å². The molecule has 1 heterocycles. The van der Waals surface area contributed by atoms with Crippen molar-refractivity contribution in [3.63, 3.8) is 0 Å². The van der Waals surface area contributed by atoms with Crippen molar-refractivity contribution in [3.05, 3.63) is 93.8 Å². The largest absolute Gasteiger partial charge is 0.362 e. The number of hydrogen-bond donors (Lipinski definition) is 1. The number of ketones is 2. The van der Waals surface area contributed by atoms with Gasteiger partial charge in [-0.15, -0.1) is 0 Å². The molecule has 0 unspecified atom stereocenters. The summed E-state index contributed by atoms with van der Waals surface area (Å²) in [5.41, 5.74) is 3.06. The molecule has 5 heteroatoms. The van der Waals surface area contributed by atoms with Crippen LogP contribution in [-0.4, -0.2) is 11.6 Å². The summed E-state index contributed by atoms with van der Waals surface area (Å²) in [6.07, 6.45) is 0.543. The van der Waals surface area contributed by atoms with Gasteiger partial charge in [-0.1, -0.05) is 6.92 Å². The Kier molecular flexibility index (Phi) is 5.54. The molecular weight excluding hydrogens is 360 g/mol. The lowest BCUT2D eigenvalue weighted by Gasteiger charge is -2.30. The summed E-state index contributed by atoms with van der Waals surface area (Å²) in [5, 5.41) is 3.14. The highest BCUT2D eigenvalue weighted by atomic mass is 19.1. The maximum atomic E-state index is 13.2. The number of nitrogens with one attached hydrogen (secondary N) is 1. The van der Waals surface area contributed by atoms with Gasteiger partial charge >= 0.3 is 0 Å². The smallest absolute Gasteiger partial charge is 0.191 e. The van der Waals surface area contributed by atoms with Crippen molar-refractivity contribution in [2.24, 2.45) is 5.92 Å². The predicted octanol–water partition coefficient (Wildman–Crippen LogP) is 5.21. The summed E-state index contributed by atoms with van der Waals surface area (Å²) < 4.78 is 26.5. The van der Waals surface area contributed by atoms with E-state index in [1.165, 1.54) is 48.5 Å². The summed E-state index contributed by atoms with van der Waals surface area (Å²) in [6.45, 7) is 5.50. The van der Waals surface area contributed by atoms with Crippen molar-refractivity contribution in [2.45, 2.75) is 27.2 Å². The number of carbonyl (C=O) groups is 2. The fourth-order valence-electron chi connectivity index (χ4n) is 3.66. The molecule has 0 spiro atoms. The third-order valence-corrected chi connectivity index (χ3v) is 4.99. The minimum absolute atomic E-state index is 0.242. The molecule has 0 fully saturated rings. The van der Waals surface area contributed by atoms with E-state index in [9.17, 15) is 18.4 Å². The normalized spacial score (nSPS) is 14.9. The topological polar surface area (TPSA) is 46.2 Å².